The van der Waals surface area contributed by atoms with E-state index in [-0.39, 0.29) is 5.92 Å². The first-order valence-corrected chi connectivity index (χ1v) is 7.46. The molecule has 1 heterocycles. The molecule has 1 saturated heterocycles. The fraction of sp³-hybridized carbons (Fsp3) is 0.857. The van der Waals surface area contributed by atoms with Gasteiger partial charge in [-0.1, -0.05) is 26.7 Å². The minimum atomic E-state index is -1.80. The van der Waals surface area contributed by atoms with Gasteiger partial charge in [-0.3, -0.25) is 4.79 Å². The Morgan fingerprint density at radius 3 is 2.05 bits per heavy atom. The Balaban J connectivity index is 2.77. The van der Waals surface area contributed by atoms with Crippen molar-refractivity contribution < 1.29 is 39.5 Å². The number of ether oxygens (including phenoxy) is 2. The molecule has 4 N–H and O–H groups in total. The third-order valence-corrected chi connectivity index (χ3v) is 3.65. The molecule has 22 heavy (non-hydrogen) atoms. The van der Waals surface area contributed by atoms with Crippen LogP contribution >= 0.6 is 0 Å². The lowest BCUT2D eigenvalue weighted by atomic mass is 9.97. The van der Waals surface area contributed by atoms with E-state index in [1.165, 1.54) is 0 Å². The Bertz CT molecular complexity index is 379. The summed E-state index contributed by atoms with van der Waals surface area (Å²) < 4.78 is 9.94. The quantitative estimate of drug-likeness (QED) is 0.467. The Kier molecular flexibility index (Phi) is 7.21. The smallest absolute Gasteiger partial charge is 0.335 e. The number of esters is 1. The van der Waals surface area contributed by atoms with Crippen LogP contribution in [0.5, 0.6) is 0 Å². The normalized spacial score (nSPS) is 32.0. The highest BCUT2D eigenvalue weighted by atomic mass is 16.7. The van der Waals surface area contributed by atoms with E-state index in [0.29, 0.717) is 12.8 Å². The van der Waals surface area contributed by atoms with Crippen LogP contribution in [0.4, 0.5) is 0 Å². The Morgan fingerprint density at radius 2 is 1.59 bits per heavy atom. The lowest BCUT2D eigenvalue weighted by molar-refractivity contribution is -0.287. The summed E-state index contributed by atoms with van der Waals surface area (Å²) in [6.07, 6.45) is -5.94. The summed E-state index contributed by atoms with van der Waals surface area (Å²) in [5, 5.41) is 37.9. The highest BCUT2D eigenvalue weighted by Crippen LogP contribution is 2.24. The first kappa shape index (κ1) is 18.8. The first-order chi connectivity index (χ1) is 10.3. The van der Waals surface area contributed by atoms with Crippen molar-refractivity contribution in [2.45, 2.75) is 70.2 Å². The van der Waals surface area contributed by atoms with E-state index < -0.39 is 42.6 Å². The molecule has 8 heteroatoms. The number of hydrogen-bond acceptors (Lipinski definition) is 7. The lowest BCUT2D eigenvalue weighted by Gasteiger charge is -2.38. The largest absolute Gasteiger partial charge is 0.479 e. The molecule has 0 aromatic heterocycles. The molecule has 8 nitrogen and oxygen atoms in total. The third kappa shape index (κ3) is 4.39. The van der Waals surface area contributed by atoms with Gasteiger partial charge in [0.15, 0.2) is 6.10 Å². The van der Waals surface area contributed by atoms with Crippen LogP contribution in [0.25, 0.3) is 0 Å². The molecule has 0 spiro atoms. The van der Waals surface area contributed by atoms with E-state index in [0.717, 1.165) is 12.8 Å². The maximum atomic E-state index is 12.1. The molecule has 0 saturated carbocycles. The highest BCUT2D eigenvalue weighted by molar-refractivity contribution is 5.74. The fourth-order valence-electron chi connectivity index (χ4n) is 2.44. The van der Waals surface area contributed by atoms with Crippen molar-refractivity contribution in [1.82, 2.24) is 0 Å². The van der Waals surface area contributed by atoms with Crippen LogP contribution in [0.2, 0.25) is 0 Å². The van der Waals surface area contributed by atoms with E-state index >= 15 is 0 Å². The number of aliphatic hydroxyl groups is 3. The number of carboxylic acid groups (broad SMARTS) is 1. The van der Waals surface area contributed by atoms with Crippen LogP contribution in [0.1, 0.15) is 39.5 Å². The molecule has 1 fully saturated rings. The molecular formula is C14H24O8. The van der Waals surface area contributed by atoms with Gasteiger partial charge < -0.3 is 29.9 Å². The number of carboxylic acids is 1. The second-order valence-electron chi connectivity index (χ2n) is 5.45. The summed E-state index contributed by atoms with van der Waals surface area (Å²) >= 11 is 0. The highest BCUT2D eigenvalue weighted by Gasteiger charge is 2.48. The zero-order valence-corrected chi connectivity index (χ0v) is 12.7. The monoisotopic (exact) mass is 320 g/mol. The summed E-state index contributed by atoms with van der Waals surface area (Å²) in [5.74, 6) is -2.50. The van der Waals surface area contributed by atoms with E-state index in [9.17, 15) is 24.9 Å². The fourth-order valence-corrected chi connectivity index (χ4v) is 2.44. The van der Waals surface area contributed by atoms with Gasteiger partial charge in [-0.05, 0) is 12.8 Å². The minimum Gasteiger partial charge on any atom is -0.479 e. The van der Waals surface area contributed by atoms with Gasteiger partial charge in [0.05, 0.1) is 5.92 Å². The van der Waals surface area contributed by atoms with Crippen LogP contribution in [0.15, 0.2) is 0 Å². The molecule has 128 valence electrons. The molecule has 0 bridgehead atoms. The van der Waals surface area contributed by atoms with Crippen LogP contribution < -0.4 is 0 Å². The molecule has 0 unspecified atom stereocenters. The maximum absolute atomic E-state index is 12.1. The van der Waals surface area contributed by atoms with Crippen molar-refractivity contribution in [3.05, 3.63) is 0 Å². The Labute approximate surface area is 128 Å². The summed E-state index contributed by atoms with van der Waals surface area (Å²) in [6, 6.07) is 0. The molecule has 0 aromatic rings. The van der Waals surface area contributed by atoms with Crippen molar-refractivity contribution in [3.63, 3.8) is 0 Å². The number of carbonyl (C=O) groups is 2. The van der Waals surface area contributed by atoms with Crippen molar-refractivity contribution in [1.29, 1.82) is 0 Å². The van der Waals surface area contributed by atoms with Gasteiger partial charge in [-0.25, -0.2) is 4.79 Å². The molecule has 1 rings (SSSR count). The predicted octanol–water partition coefficient (Wildman–Crippen LogP) is -0.362. The SMILES string of the molecule is CCCC(CCC)C(=O)O[C@H]1O[C@H](C(=O)O)[C@@H](O)[C@@H](O)[C@H]1O. The van der Waals surface area contributed by atoms with Gasteiger partial charge in [-0.2, -0.15) is 0 Å². The molecule has 0 aromatic carbocycles. The molecule has 0 radical (unpaired) electrons. The number of aliphatic carboxylic acids is 1. The zero-order valence-electron chi connectivity index (χ0n) is 12.7. The average molecular weight is 320 g/mol. The van der Waals surface area contributed by atoms with Crippen molar-refractivity contribution in [2.75, 3.05) is 0 Å². The lowest BCUT2D eigenvalue weighted by Crippen LogP contribution is -2.60. The number of hydrogen-bond donors (Lipinski definition) is 4. The molecular weight excluding hydrogens is 296 g/mol. The Hall–Kier alpha value is -1.22. The van der Waals surface area contributed by atoms with Gasteiger partial charge in [0, 0.05) is 0 Å². The summed E-state index contributed by atoms with van der Waals surface area (Å²) in [6.45, 7) is 3.84. The minimum absolute atomic E-state index is 0.377. The van der Waals surface area contributed by atoms with Gasteiger partial charge in [0.2, 0.25) is 6.29 Å². The van der Waals surface area contributed by atoms with Crippen LogP contribution in [-0.4, -0.2) is 63.1 Å². The van der Waals surface area contributed by atoms with Crippen LogP contribution in [0, 0.1) is 5.92 Å². The van der Waals surface area contributed by atoms with Gasteiger partial charge in [-0.15, -0.1) is 0 Å². The summed E-state index contributed by atoms with van der Waals surface area (Å²) in [4.78, 5) is 23.1. The number of rotatable bonds is 7. The maximum Gasteiger partial charge on any atom is 0.335 e. The van der Waals surface area contributed by atoms with Crippen molar-refractivity contribution >= 4 is 11.9 Å². The van der Waals surface area contributed by atoms with Gasteiger partial charge in [0.1, 0.15) is 18.3 Å². The molecule has 0 amide bonds. The van der Waals surface area contributed by atoms with Gasteiger partial charge in [0.25, 0.3) is 0 Å². The molecule has 1 aliphatic rings. The predicted molar refractivity (Wildman–Crippen MR) is 73.7 cm³/mol. The first-order valence-electron chi connectivity index (χ1n) is 7.46. The van der Waals surface area contributed by atoms with Crippen molar-refractivity contribution in [3.8, 4) is 0 Å². The van der Waals surface area contributed by atoms with Gasteiger partial charge >= 0.3 is 11.9 Å². The molecule has 0 aliphatic carbocycles. The standard InChI is InChI=1S/C14H24O8/c1-3-5-7(6-4-2)13(20)22-14-10(17)8(15)9(16)11(21-14)12(18)19/h7-11,14-17H,3-6H2,1-2H3,(H,18,19)/t8-,9+,10-,11+,14-/m1/s1. The summed E-state index contributed by atoms with van der Waals surface area (Å²) in [7, 11) is 0. The summed E-state index contributed by atoms with van der Waals surface area (Å²) in [5.41, 5.74) is 0. The van der Waals surface area contributed by atoms with E-state index in [1.807, 2.05) is 13.8 Å². The number of aliphatic hydroxyl groups excluding tert-OH is 3. The zero-order chi connectivity index (χ0) is 16.9. The third-order valence-electron chi connectivity index (χ3n) is 3.65. The van der Waals surface area contributed by atoms with E-state index in [4.69, 9.17) is 14.6 Å². The van der Waals surface area contributed by atoms with Crippen LogP contribution in [0.3, 0.4) is 0 Å². The second-order valence-corrected chi connectivity index (χ2v) is 5.45. The number of carbonyl (C=O) groups excluding carboxylic acids is 1. The van der Waals surface area contributed by atoms with Crippen LogP contribution in [-0.2, 0) is 19.1 Å². The average Bonchev–Trinajstić information content (AvgIpc) is 2.47. The van der Waals surface area contributed by atoms with Crippen molar-refractivity contribution in [2.24, 2.45) is 5.92 Å². The van der Waals surface area contributed by atoms with E-state index in [1.54, 1.807) is 0 Å². The topological polar surface area (TPSA) is 134 Å². The second kappa shape index (κ2) is 8.42. The molecule has 1 aliphatic heterocycles. The Morgan fingerprint density at radius 1 is 1.05 bits per heavy atom. The molecule has 5 atom stereocenters. The van der Waals surface area contributed by atoms with E-state index in [2.05, 4.69) is 0 Å².